The molecule has 6 heteroatoms. The monoisotopic (exact) mass is 361 g/mol. The zero-order valence-corrected chi connectivity index (χ0v) is 14.6. The summed E-state index contributed by atoms with van der Waals surface area (Å²) in [4.78, 5) is 26.8. The van der Waals surface area contributed by atoms with E-state index in [9.17, 15) is 9.59 Å². The third-order valence-corrected chi connectivity index (χ3v) is 5.46. The number of rotatable bonds is 3. The third kappa shape index (κ3) is 3.28. The normalized spacial score (nSPS) is 20.0. The third-order valence-electron chi connectivity index (χ3n) is 3.88. The Balaban J connectivity index is 1.97. The quantitative estimate of drug-likeness (QED) is 0.781. The van der Waals surface area contributed by atoms with Gasteiger partial charge >= 0.3 is 5.97 Å². The molecule has 0 spiro atoms. The lowest BCUT2D eigenvalue weighted by Crippen LogP contribution is -2.43. The lowest BCUT2D eigenvalue weighted by molar-refractivity contribution is -0.145. The molecule has 0 N–H and O–H groups in total. The van der Waals surface area contributed by atoms with E-state index in [0.717, 1.165) is 5.56 Å². The Morgan fingerprint density at radius 1 is 1.12 bits per heavy atom. The van der Waals surface area contributed by atoms with Crippen LogP contribution in [0.25, 0.3) is 0 Å². The number of thioether (sulfide) groups is 1. The van der Waals surface area contributed by atoms with Crippen LogP contribution in [0.4, 0.5) is 0 Å². The molecule has 3 rings (SSSR count). The molecule has 0 saturated carbocycles. The largest absolute Gasteiger partial charge is 0.467 e. The van der Waals surface area contributed by atoms with Crippen molar-refractivity contribution >= 4 is 35.2 Å². The number of benzene rings is 2. The van der Waals surface area contributed by atoms with Gasteiger partial charge in [0.1, 0.15) is 11.4 Å². The SMILES string of the molecule is COC(=O)[C@H]1CS[C@H](c2ccc(Cl)cc2)N1C(=O)c1ccccc1. The zero-order chi connectivity index (χ0) is 17.1. The Labute approximate surface area is 149 Å². The lowest BCUT2D eigenvalue weighted by atomic mass is 10.1. The van der Waals surface area contributed by atoms with Crippen molar-refractivity contribution in [3.05, 3.63) is 70.7 Å². The van der Waals surface area contributed by atoms with Crippen LogP contribution < -0.4 is 0 Å². The first kappa shape index (κ1) is 16.9. The second-order valence-corrected chi connectivity index (χ2v) is 6.90. The second-order valence-electron chi connectivity index (χ2n) is 5.35. The van der Waals surface area contributed by atoms with E-state index in [2.05, 4.69) is 0 Å². The highest BCUT2D eigenvalue weighted by molar-refractivity contribution is 7.99. The van der Waals surface area contributed by atoms with Gasteiger partial charge in [-0.3, -0.25) is 4.79 Å². The van der Waals surface area contributed by atoms with Crippen molar-refractivity contribution in [3.63, 3.8) is 0 Å². The molecule has 2 aromatic rings. The molecule has 0 aliphatic carbocycles. The van der Waals surface area contributed by atoms with Crippen LogP contribution in [-0.4, -0.2) is 35.7 Å². The number of carbonyl (C=O) groups excluding carboxylic acids is 2. The maximum absolute atomic E-state index is 13.0. The van der Waals surface area contributed by atoms with Crippen LogP contribution in [0.5, 0.6) is 0 Å². The number of amides is 1. The molecule has 1 saturated heterocycles. The summed E-state index contributed by atoms with van der Waals surface area (Å²) in [5, 5.41) is 0.381. The van der Waals surface area contributed by atoms with Crippen molar-refractivity contribution in [2.75, 3.05) is 12.9 Å². The van der Waals surface area contributed by atoms with Gasteiger partial charge in [0.15, 0.2) is 0 Å². The van der Waals surface area contributed by atoms with E-state index < -0.39 is 12.0 Å². The minimum atomic E-state index is -0.603. The lowest BCUT2D eigenvalue weighted by Gasteiger charge is -2.28. The van der Waals surface area contributed by atoms with Crippen molar-refractivity contribution in [2.24, 2.45) is 0 Å². The van der Waals surface area contributed by atoms with Gasteiger partial charge in [-0.25, -0.2) is 4.79 Å². The van der Waals surface area contributed by atoms with Gasteiger partial charge < -0.3 is 9.64 Å². The summed E-state index contributed by atoms with van der Waals surface area (Å²) >= 11 is 7.50. The van der Waals surface area contributed by atoms with E-state index in [-0.39, 0.29) is 11.3 Å². The summed E-state index contributed by atoms with van der Waals surface area (Å²) in [6.45, 7) is 0. The van der Waals surface area contributed by atoms with Gasteiger partial charge in [0.2, 0.25) is 0 Å². The molecule has 1 heterocycles. The van der Waals surface area contributed by atoms with Crippen LogP contribution in [0.3, 0.4) is 0 Å². The number of halogens is 1. The van der Waals surface area contributed by atoms with E-state index in [1.807, 2.05) is 18.2 Å². The van der Waals surface area contributed by atoms with Crippen molar-refractivity contribution in [3.8, 4) is 0 Å². The fourth-order valence-corrected chi connectivity index (χ4v) is 4.23. The minimum Gasteiger partial charge on any atom is -0.467 e. The molecule has 1 aliphatic heterocycles. The molecule has 2 atom stereocenters. The highest BCUT2D eigenvalue weighted by Crippen LogP contribution is 2.42. The molecule has 124 valence electrons. The molecule has 1 aliphatic rings. The maximum Gasteiger partial charge on any atom is 0.329 e. The van der Waals surface area contributed by atoms with Crippen LogP contribution in [0.2, 0.25) is 5.02 Å². The Bertz CT molecular complexity index is 736. The van der Waals surface area contributed by atoms with E-state index in [1.165, 1.54) is 7.11 Å². The first-order valence-corrected chi connectivity index (χ1v) is 8.87. The second kappa shape index (κ2) is 7.28. The van der Waals surface area contributed by atoms with Gasteiger partial charge in [-0.05, 0) is 29.8 Å². The van der Waals surface area contributed by atoms with Gasteiger partial charge in [0, 0.05) is 16.3 Å². The fraction of sp³-hybridized carbons (Fsp3) is 0.222. The number of esters is 1. The van der Waals surface area contributed by atoms with Crippen LogP contribution in [0, 0.1) is 0 Å². The van der Waals surface area contributed by atoms with Crippen LogP contribution >= 0.6 is 23.4 Å². The van der Waals surface area contributed by atoms with Gasteiger partial charge in [-0.2, -0.15) is 0 Å². The van der Waals surface area contributed by atoms with Crippen molar-refractivity contribution < 1.29 is 14.3 Å². The smallest absolute Gasteiger partial charge is 0.329 e. The molecule has 4 nitrogen and oxygen atoms in total. The van der Waals surface area contributed by atoms with E-state index in [0.29, 0.717) is 16.3 Å². The van der Waals surface area contributed by atoms with Gasteiger partial charge in [-0.1, -0.05) is 41.9 Å². The average Bonchev–Trinajstić information content (AvgIpc) is 3.06. The summed E-state index contributed by atoms with van der Waals surface area (Å²) in [6.07, 6.45) is 0. The minimum absolute atomic E-state index is 0.184. The molecule has 24 heavy (non-hydrogen) atoms. The summed E-state index contributed by atoms with van der Waals surface area (Å²) in [6, 6.07) is 15.7. The highest BCUT2D eigenvalue weighted by atomic mass is 35.5. The molecule has 1 amide bonds. The maximum atomic E-state index is 13.0. The summed E-state index contributed by atoms with van der Waals surface area (Å²) < 4.78 is 4.89. The van der Waals surface area contributed by atoms with Gasteiger partial charge in [0.05, 0.1) is 7.11 Å². The zero-order valence-electron chi connectivity index (χ0n) is 13.0. The molecule has 1 fully saturated rings. The molecule has 0 radical (unpaired) electrons. The molecular weight excluding hydrogens is 346 g/mol. The molecule has 0 unspecified atom stereocenters. The number of methoxy groups -OCH3 is 1. The number of carbonyl (C=O) groups is 2. The van der Waals surface area contributed by atoms with Gasteiger partial charge in [0.25, 0.3) is 5.91 Å². The van der Waals surface area contributed by atoms with E-state index >= 15 is 0 Å². The highest BCUT2D eigenvalue weighted by Gasteiger charge is 2.43. The Kier molecular flexibility index (Phi) is 5.11. The molecular formula is C18H16ClNO3S. The Hall–Kier alpha value is -1.98. The average molecular weight is 362 g/mol. The number of nitrogens with zero attached hydrogens (tertiary/aromatic N) is 1. The van der Waals surface area contributed by atoms with Gasteiger partial charge in [-0.15, -0.1) is 11.8 Å². The predicted octanol–water partition coefficient (Wildman–Crippen LogP) is 3.77. The summed E-state index contributed by atoms with van der Waals surface area (Å²) in [5.41, 5.74) is 1.48. The first-order chi connectivity index (χ1) is 11.6. The molecule has 0 aromatic heterocycles. The summed E-state index contributed by atoms with van der Waals surface area (Å²) in [5.74, 6) is -0.0855. The Morgan fingerprint density at radius 3 is 2.42 bits per heavy atom. The molecule has 2 aromatic carbocycles. The standard InChI is InChI=1S/C18H16ClNO3S/c1-23-18(22)15-11-24-17(13-7-9-14(19)10-8-13)20(15)16(21)12-5-3-2-4-6-12/h2-10,15,17H,11H2,1H3/t15-,17-/m1/s1. The van der Waals surface area contributed by atoms with E-state index in [1.54, 1.807) is 53.1 Å². The number of hydrogen-bond acceptors (Lipinski definition) is 4. The van der Waals surface area contributed by atoms with Crippen LogP contribution in [0.1, 0.15) is 21.3 Å². The number of ether oxygens (including phenoxy) is 1. The summed E-state index contributed by atoms with van der Waals surface area (Å²) in [7, 11) is 1.34. The first-order valence-electron chi connectivity index (χ1n) is 7.44. The fourth-order valence-electron chi connectivity index (χ4n) is 2.69. The predicted molar refractivity (Wildman–Crippen MR) is 95.1 cm³/mol. The molecule has 0 bridgehead atoms. The van der Waals surface area contributed by atoms with Crippen molar-refractivity contribution in [1.82, 2.24) is 4.90 Å². The van der Waals surface area contributed by atoms with Crippen LogP contribution in [-0.2, 0) is 9.53 Å². The van der Waals surface area contributed by atoms with E-state index in [4.69, 9.17) is 16.3 Å². The van der Waals surface area contributed by atoms with Crippen LogP contribution in [0.15, 0.2) is 54.6 Å². The Morgan fingerprint density at radius 2 is 1.79 bits per heavy atom. The number of hydrogen-bond donors (Lipinski definition) is 0. The topological polar surface area (TPSA) is 46.6 Å². The van der Waals surface area contributed by atoms with Crippen molar-refractivity contribution in [2.45, 2.75) is 11.4 Å². The van der Waals surface area contributed by atoms with Crippen molar-refractivity contribution in [1.29, 1.82) is 0 Å².